The van der Waals surface area contributed by atoms with Crippen LogP contribution in [0.25, 0.3) is 11.0 Å². The second-order valence-electron chi connectivity index (χ2n) is 6.02. The van der Waals surface area contributed by atoms with E-state index in [-0.39, 0.29) is 34.5 Å². The molecule has 134 valence electrons. The van der Waals surface area contributed by atoms with Crippen molar-refractivity contribution in [3.63, 3.8) is 0 Å². The third-order valence-corrected chi connectivity index (χ3v) is 4.54. The van der Waals surface area contributed by atoms with Gasteiger partial charge in [0.15, 0.2) is 0 Å². The number of halogens is 1. The van der Waals surface area contributed by atoms with E-state index in [1.165, 1.54) is 6.07 Å². The second kappa shape index (κ2) is 6.72. The number of phenols is 2. The molecule has 0 radical (unpaired) electrons. The summed E-state index contributed by atoms with van der Waals surface area (Å²) in [5, 5.41) is 23.0. The van der Waals surface area contributed by atoms with E-state index >= 15 is 0 Å². The maximum absolute atomic E-state index is 12.3. The van der Waals surface area contributed by atoms with E-state index < -0.39 is 11.5 Å². The van der Waals surface area contributed by atoms with Crippen LogP contribution < -0.4 is 10.9 Å². The fraction of sp³-hybridized carbons (Fsp3) is 0.158. The van der Waals surface area contributed by atoms with Crippen molar-refractivity contribution < 1.29 is 19.4 Å². The molecule has 3 aromatic rings. The lowest BCUT2D eigenvalue weighted by atomic mass is 10.0. The molecule has 0 saturated heterocycles. The molecular weight excluding hydrogens is 358 g/mol. The Morgan fingerprint density at radius 2 is 1.92 bits per heavy atom. The Morgan fingerprint density at radius 1 is 1.19 bits per heavy atom. The Morgan fingerprint density at radius 3 is 2.62 bits per heavy atom. The van der Waals surface area contributed by atoms with Crippen LogP contribution in [0.2, 0.25) is 5.02 Å². The summed E-state index contributed by atoms with van der Waals surface area (Å²) in [5.41, 5.74) is 1.31. The maximum atomic E-state index is 12.3. The van der Waals surface area contributed by atoms with Crippen molar-refractivity contribution in [1.29, 1.82) is 0 Å². The molecule has 3 rings (SSSR count). The zero-order valence-electron chi connectivity index (χ0n) is 14.1. The summed E-state index contributed by atoms with van der Waals surface area (Å²) in [7, 11) is 0. The molecule has 26 heavy (non-hydrogen) atoms. The lowest BCUT2D eigenvalue weighted by Gasteiger charge is -2.10. The zero-order chi connectivity index (χ0) is 19.0. The number of amides is 1. The number of anilines is 1. The number of rotatable bonds is 3. The average Bonchev–Trinajstić information content (AvgIpc) is 2.54. The highest BCUT2D eigenvalue weighted by molar-refractivity contribution is 6.31. The fourth-order valence-corrected chi connectivity index (χ4v) is 2.93. The van der Waals surface area contributed by atoms with E-state index in [1.807, 2.05) is 6.92 Å². The van der Waals surface area contributed by atoms with Crippen molar-refractivity contribution in [2.75, 3.05) is 5.32 Å². The van der Waals surface area contributed by atoms with Gasteiger partial charge in [0.2, 0.25) is 5.91 Å². The van der Waals surface area contributed by atoms with Crippen molar-refractivity contribution in [3.8, 4) is 11.5 Å². The van der Waals surface area contributed by atoms with Crippen LogP contribution in [0.1, 0.15) is 16.7 Å². The number of aryl methyl sites for hydroxylation is 2. The highest BCUT2D eigenvalue weighted by atomic mass is 35.5. The van der Waals surface area contributed by atoms with Gasteiger partial charge in [0, 0.05) is 22.8 Å². The Labute approximate surface area is 153 Å². The largest absolute Gasteiger partial charge is 0.508 e. The molecule has 0 aliphatic carbocycles. The van der Waals surface area contributed by atoms with Crippen molar-refractivity contribution >= 4 is 34.2 Å². The monoisotopic (exact) mass is 373 g/mol. The van der Waals surface area contributed by atoms with Crippen molar-refractivity contribution in [2.45, 2.75) is 20.3 Å². The predicted octanol–water partition coefficient (Wildman–Crippen LogP) is 3.66. The summed E-state index contributed by atoms with van der Waals surface area (Å²) >= 11 is 6.04. The van der Waals surface area contributed by atoms with Crippen molar-refractivity contribution in [1.82, 2.24) is 0 Å². The molecule has 1 amide bonds. The SMILES string of the molecule is Cc1ccc(NC(=O)Cc2c(C)c3c(O)cc(O)cc3oc2=O)cc1Cl. The normalized spacial score (nSPS) is 10.9. The highest BCUT2D eigenvalue weighted by Crippen LogP contribution is 2.32. The number of hydrogen-bond donors (Lipinski definition) is 3. The Balaban J connectivity index is 1.94. The summed E-state index contributed by atoms with van der Waals surface area (Å²) in [6.07, 6.45) is -0.226. The summed E-state index contributed by atoms with van der Waals surface area (Å²) in [6, 6.07) is 7.50. The third kappa shape index (κ3) is 3.36. The first-order valence-electron chi connectivity index (χ1n) is 7.80. The number of nitrogens with one attached hydrogen (secondary N) is 1. The topological polar surface area (TPSA) is 99.8 Å². The first-order valence-corrected chi connectivity index (χ1v) is 8.18. The molecule has 3 N–H and O–H groups in total. The minimum Gasteiger partial charge on any atom is -0.508 e. The second-order valence-corrected chi connectivity index (χ2v) is 6.43. The van der Waals surface area contributed by atoms with Crippen LogP contribution in [-0.2, 0) is 11.2 Å². The molecule has 0 saturated carbocycles. The Hall–Kier alpha value is -2.99. The Kier molecular flexibility index (Phi) is 4.61. The smallest absolute Gasteiger partial charge is 0.340 e. The number of phenolic OH excluding ortho intramolecular Hbond substituents is 2. The molecule has 6 nitrogen and oxygen atoms in total. The number of benzene rings is 2. The lowest BCUT2D eigenvalue weighted by Crippen LogP contribution is -2.20. The first-order chi connectivity index (χ1) is 12.3. The highest BCUT2D eigenvalue weighted by Gasteiger charge is 2.18. The maximum Gasteiger partial charge on any atom is 0.340 e. The fourth-order valence-electron chi connectivity index (χ4n) is 2.75. The van der Waals surface area contributed by atoms with Gasteiger partial charge in [0.05, 0.1) is 17.4 Å². The van der Waals surface area contributed by atoms with Crippen LogP contribution in [0, 0.1) is 13.8 Å². The van der Waals surface area contributed by atoms with E-state index in [9.17, 15) is 19.8 Å². The molecule has 1 heterocycles. The molecule has 0 spiro atoms. The predicted molar refractivity (Wildman–Crippen MR) is 99.1 cm³/mol. The Bertz CT molecular complexity index is 1090. The van der Waals surface area contributed by atoms with E-state index in [4.69, 9.17) is 16.0 Å². The van der Waals surface area contributed by atoms with Gasteiger partial charge in [-0.1, -0.05) is 17.7 Å². The number of hydrogen-bond acceptors (Lipinski definition) is 5. The van der Waals surface area contributed by atoms with Gasteiger partial charge in [-0.25, -0.2) is 4.79 Å². The van der Waals surface area contributed by atoms with Gasteiger partial charge in [0.25, 0.3) is 0 Å². The van der Waals surface area contributed by atoms with E-state index in [2.05, 4.69) is 5.32 Å². The van der Waals surface area contributed by atoms with Crippen molar-refractivity contribution in [3.05, 3.63) is 62.5 Å². The van der Waals surface area contributed by atoms with Crippen LogP contribution in [0.4, 0.5) is 5.69 Å². The van der Waals surface area contributed by atoms with Gasteiger partial charge in [0.1, 0.15) is 17.1 Å². The van der Waals surface area contributed by atoms with Gasteiger partial charge in [-0.15, -0.1) is 0 Å². The average molecular weight is 374 g/mol. The van der Waals surface area contributed by atoms with Gasteiger partial charge in [-0.2, -0.15) is 0 Å². The molecule has 1 aromatic heterocycles. The van der Waals surface area contributed by atoms with Gasteiger partial charge in [-0.05, 0) is 37.1 Å². The summed E-state index contributed by atoms with van der Waals surface area (Å²) in [5.74, 6) is -0.870. The number of carbonyl (C=O) groups is 1. The van der Waals surface area contributed by atoms with Gasteiger partial charge >= 0.3 is 5.63 Å². The van der Waals surface area contributed by atoms with E-state index in [0.29, 0.717) is 16.3 Å². The first kappa shape index (κ1) is 17.8. The molecule has 0 fully saturated rings. The molecule has 0 bridgehead atoms. The molecule has 0 aliphatic heterocycles. The third-order valence-electron chi connectivity index (χ3n) is 4.14. The molecule has 2 aromatic carbocycles. The standard InChI is InChI=1S/C19H16ClNO5/c1-9-3-4-11(5-14(9)20)21-17(24)8-13-10(2)18-15(23)6-12(22)7-16(18)26-19(13)25/h3-7,22-23H,8H2,1-2H3,(H,21,24). The van der Waals surface area contributed by atoms with Crippen LogP contribution in [-0.4, -0.2) is 16.1 Å². The molecule has 0 atom stereocenters. The van der Waals surface area contributed by atoms with Gasteiger partial charge < -0.3 is 19.9 Å². The summed E-state index contributed by atoms with van der Waals surface area (Å²) in [6.45, 7) is 3.46. The molecule has 0 aliphatic rings. The number of carbonyl (C=O) groups excluding carboxylic acids is 1. The molecule has 7 heteroatoms. The molecular formula is C19H16ClNO5. The number of fused-ring (bicyclic) bond motifs is 1. The van der Waals surface area contributed by atoms with E-state index in [1.54, 1.807) is 25.1 Å². The number of aromatic hydroxyl groups is 2. The minimum atomic E-state index is -0.697. The van der Waals surface area contributed by atoms with Crippen LogP contribution in [0.3, 0.4) is 0 Å². The minimum absolute atomic E-state index is 0.0551. The van der Waals surface area contributed by atoms with Gasteiger partial charge in [-0.3, -0.25) is 4.79 Å². The van der Waals surface area contributed by atoms with Crippen molar-refractivity contribution in [2.24, 2.45) is 0 Å². The zero-order valence-corrected chi connectivity index (χ0v) is 14.8. The van der Waals surface area contributed by atoms with Crippen LogP contribution in [0.15, 0.2) is 39.5 Å². The lowest BCUT2D eigenvalue weighted by molar-refractivity contribution is -0.115. The van der Waals surface area contributed by atoms with E-state index in [0.717, 1.165) is 11.6 Å². The summed E-state index contributed by atoms with van der Waals surface area (Å²) in [4.78, 5) is 24.6. The van der Waals surface area contributed by atoms with Crippen LogP contribution >= 0.6 is 11.6 Å². The molecule has 0 unspecified atom stereocenters. The summed E-state index contributed by atoms with van der Waals surface area (Å²) < 4.78 is 5.14. The van der Waals surface area contributed by atoms with Crippen LogP contribution in [0.5, 0.6) is 11.5 Å². The quantitative estimate of drug-likeness (QED) is 0.608.